The molecular formula is C42H22N8. The van der Waals surface area contributed by atoms with Gasteiger partial charge in [0.25, 0.3) is 0 Å². The fourth-order valence-electron chi connectivity index (χ4n) is 6.97. The van der Waals surface area contributed by atoms with E-state index in [9.17, 15) is 15.8 Å². The van der Waals surface area contributed by atoms with Gasteiger partial charge in [-0.1, -0.05) is 103 Å². The van der Waals surface area contributed by atoms with E-state index in [0.717, 1.165) is 54.7 Å². The smallest absolute Gasteiger partial charge is 0.238 e. The molecule has 0 N–H and O–H groups in total. The average molecular weight is 639 g/mol. The first-order chi connectivity index (χ1) is 24.7. The first kappa shape index (κ1) is 28.6. The molecule has 6 aromatic carbocycles. The first-order valence-corrected chi connectivity index (χ1v) is 15.9. The Morgan fingerprint density at radius 3 is 1.58 bits per heavy atom. The van der Waals surface area contributed by atoms with E-state index in [0.29, 0.717) is 23.3 Å². The zero-order chi connectivity index (χ0) is 33.8. The summed E-state index contributed by atoms with van der Waals surface area (Å²) in [4.78, 5) is 15.2. The van der Waals surface area contributed by atoms with Crippen molar-refractivity contribution in [2.24, 2.45) is 0 Å². The minimum absolute atomic E-state index is 0.237. The molecule has 0 atom stereocenters. The maximum Gasteiger partial charge on any atom is 0.238 e. The van der Waals surface area contributed by atoms with E-state index < -0.39 is 0 Å². The molecule has 0 spiro atoms. The van der Waals surface area contributed by atoms with Crippen molar-refractivity contribution in [2.75, 3.05) is 0 Å². The number of nitrogens with zero attached hydrogens (tertiary/aromatic N) is 8. The second kappa shape index (κ2) is 11.3. The molecular weight excluding hydrogens is 617 g/mol. The molecule has 3 aromatic heterocycles. The van der Waals surface area contributed by atoms with E-state index in [1.807, 2.05) is 102 Å². The monoisotopic (exact) mass is 638 g/mol. The predicted octanol–water partition coefficient (Wildman–Crippen LogP) is 9.01. The largest absolute Gasteiger partial charge is 0.307 e. The molecule has 0 radical (unpaired) electrons. The zero-order valence-corrected chi connectivity index (χ0v) is 26.3. The highest BCUT2D eigenvalue weighted by Crippen LogP contribution is 2.42. The van der Waals surface area contributed by atoms with Gasteiger partial charge in [0.1, 0.15) is 12.1 Å². The van der Waals surface area contributed by atoms with Crippen LogP contribution in [0, 0.1) is 34.0 Å². The molecule has 0 saturated carbocycles. The number of aromatic nitrogens is 5. The van der Waals surface area contributed by atoms with Crippen LogP contribution in [0.5, 0.6) is 0 Å². The molecule has 0 amide bonds. The van der Waals surface area contributed by atoms with Crippen molar-refractivity contribution in [1.29, 1.82) is 15.8 Å². The van der Waals surface area contributed by atoms with Gasteiger partial charge in [-0.05, 0) is 30.3 Å². The Kier molecular flexibility index (Phi) is 6.45. The predicted molar refractivity (Wildman–Crippen MR) is 194 cm³/mol. The van der Waals surface area contributed by atoms with Crippen LogP contribution in [0.25, 0.3) is 78.0 Å². The lowest BCUT2D eigenvalue weighted by Crippen LogP contribution is -2.06. The van der Waals surface area contributed by atoms with Crippen LogP contribution in [0.1, 0.15) is 16.7 Å². The Labute approximate surface area is 285 Å². The van der Waals surface area contributed by atoms with Gasteiger partial charge in [-0.15, -0.1) is 0 Å². The molecule has 50 heavy (non-hydrogen) atoms. The van der Waals surface area contributed by atoms with E-state index >= 15 is 0 Å². The topological polar surface area (TPSA) is 120 Å². The van der Waals surface area contributed by atoms with Crippen LogP contribution in [0.2, 0.25) is 0 Å². The van der Waals surface area contributed by atoms with Gasteiger partial charge in [0.05, 0.1) is 50.5 Å². The molecule has 8 heteroatoms. The van der Waals surface area contributed by atoms with Gasteiger partial charge in [0.2, 0.25) is 5.95 Å². The number of nitriles is 3. The van der Waals surface area contributed by atoms with Gasteiger partial charge in [-0.25, -0.2) is 4.98 Å². The van der Waals surface area contributed by atoms with Crippen molar-refractivity contribution < 1.29 is 0 Å². The number of rotatable bonds is 4. The van der Waals surface area contributed by atoms with Crippen LogP contribution in [-0.4, -0.2) is 24.1 Å². The molecule has 0 aliphatic carbocycles. The van der Waals surface area contributed by atoms with Crippen LogP contribution >= 0.6 is 0 Å². The summed E-state index contributed by atoms with van der Waals surface area (Å²) in [6.07, 6.45) is 0. The average Bonchev–Trinajstić information content (AvgIpc) is 3.70. The lowest BCUT2D eigenvalue weighted by Gasteiger charge is -2.13. The van der Waals surface area contributed by atoms with Crippen LogP contribution in [-0.2, 0) is 0 Å². The summed E-state index contributed by atoms with van der Waals surface area (Å²) < 4.78 is 4.06. The number of hydrogen-bond acceptors (Lipinski definition) is 6. The van der Waals surface area contributed by atoms with Crippen LogP contribution in [0.3, 0.4) is 0 Å². The quantitative estimate of drug-likeness (QED) is 0.190. The molecule has 3 heterocycles. The summed E-state index contributed by atoms with van der Waals surface area (Å²) >= 11 is 0. The minimum Gasteiger partial charge on any atom is -0.307 e. The molecule has 9 aromatic rings. The van der Waals surface area contributed by atoms with Crippen LogP contribution < -0.4 is 0 Å². The van der Waals surface area contributed by atoms with E-state index in [2.05, 4.69) is 47.0 Å². The Morgan fingerprint density at radius 2 is 1.00 bits per heavy atom. The molecule has 0 fully saturated rings. The Bertz CT molecular complexity index is 2860. The molecule has 0 aliphatic rings. The van der Waals surface area contributed by atoms with Crippen molar-refractivity contribution in [3.8, 4) is 52.6 Å². The van der Waals surface area contributed by atoms with Crippen molar-refractivity contribution in [3.05, 3.63) is 150 Å². The van der Waals surface area contributed by atoms with E-state index in [-0.39, 0.29) is 16.7 Å². The van der Waals surface area contributed by atoms with E-state index in [4.69, 9.17) is 15.0 Å². The van der Waals surface area contributed by atoms with Crippen LogP contribution in [0.15, 0.2) is 133 Å². The van der Waals surface area contributed by atoms with E-state index in [1.165, 1.54) is 12.1 Å². The summed E-state index contributed by atoms with van der Waals surface area (Å²) in [7, 11) is 0. The molecule has 0 bridgehead atoms. The van der Waals surface area contributed by atoms with Crippen molar-refractivity contribution in [1.82, 2.24) is 24.1 Å². The van der Waals surface area contributed by atoms with Crippen molar-refractivity contribution >= 4 is 43.6 Å². The summed E-state index contributed by atoms with van der Waals surface area (Å²) in [5, 5.41) is 34.1. The summed E-state index contributed by atoms with van der Waals surface area (Å²) in [6, 6.07) is 49.7. The summed E-state index contributed by atoms with van der Waals surface area (Å²) in [6.45, 7) is 0. The third kappa shape index (κ3) is 4.26. The second-order valence-electron chi connectivity index (χ2n) is 11.8. The molecule has 8 nitrogen and oxygen atoms in total. The number of fused-ring (bicyclic) bond motifs is 7. The third-order valence-electron chi connectivity index (χ3n) is 9.06. The fraction of sp³-hybridized carbons (Fsp3) is 0. The highest BCUT2D eigenvalue weighted by atomic mass is 15.2. The maximum absolute atomic E-state index is 10.3. The highest BCUT2D eigenvalue weighted by Gasteiger charge is 2.25. The minimum atomic E-state index is 0.237. The molecule has 9 rings (SSSR count). The third-order valence-corrected chi connectivity index (χ3v) is 9.06. The van der Waals surface area contributed by atoms with Gasteiger partial charge >= 0.3 is 0 Å². The van der Waals surface area contributed by atoms with Gasteiger partial charge in [-0.2, -0.15) is 25.8 Å². The molecule has 0 saturated heterocycles. The summed E-state index contributed by atoms with van der Waals surface area (Å²) in [5.74, 6) is 1.55. The highest BCUT2D eigenvalue weighted by molar-refractivity contribution is 6.26. The Balaban J connectivity index is 1.46. The molecule has 0 unspecified atom stereocenters. The van der Waals surface area contributed by atoms with Gasteiger partial charge in [0, 0.05) is 32.7 Å². The molecule has 0 aliphatic heterocycles. The zero-order valence-electron chi connectivity index (χ0n) is 26.3. The number of hydrogen-bond donors (Lipinski definition) is 0. The first-order valence-electron chi connectivity index (χ1n) is 15.9. The molecule has 230 valence electrons. The van der Waals surface area contributed by atoms with Crippen LogP contribution in [0.4, 0.5) is 0 Å². The summed E-state index contributed by atoms with van der Waals surface area (Å²) in [5.41, 5.74) is 6.30. The number of para-hydroxylation sites is 2. The SMILES string of the molecule is N#Cc1cc(C#N)c(-n2c3ccccc3c3c2ccc2c4ccccc4n(-c4nc(-c5ccccc5)nc(-c5ccccc5)n4)c23)c(C#N)c1. The van der Waals surface area contributed by atoms with Gasteiger partial charge in [0.15, 0.2) is 11.6 Å². The fourth-order valence-corrected chi connectivity index (χ4v) is 6.97. The standard InChI is InChI=1S/C42H22N8/c43-23-26-21-29(24-44)38(30(22-26)25-45)49-35-18-10-8-16-33(35)37-36(49)20-19-32-31-15-7-9-17-34(31)50(39(32)37)42-47-40(27-11-3-1-4-12-27)46-41(48-42)28-13-5-2-6-14-28/h1-22H. The van der Waals surface area contributed by atoms with Crippen molar-refractivity contribution in [3.63, 3.8) is 0 Å². The van der Waals surface area contributed by atoms with E-state index in [1.54, 1.807) is 0 Å². The second-order valence-corrected chi connectivity index (χ2v) is 11.8. The van der Waals surface area contributed by atoms with Gasteiger partial charge in [-0.3, -0.25) is 4.57 Å². The van der Waals surface area contributed by atoms with Gasteiger partial charge < -0.3 is 4.57 Å². The number of benzene rings is 6. The Hall–Kier alpha value is -7.60. The normalized spacial score (nSPS) is 11.1. The maximum atomic E-state index is 10.3. The lowest BCUT2D eigenvalue weighted by molar-refractivity contribution is 0.955. The Morgan fingerprint density at radius 1 is 0.460 bits per heavy atom. The van der Waals surface area contributed by atoms with Crippen molar-refractivity contribution in [2.45, 2.75) is 0 Å². The lowest BCUT2D eigenvalue weighted by atomic mass is 10.0.